The Labute approximate surface area is 141 Å². The standard InChI is InChI=1S/C15H13ClN6O2/c1-7(19-15-18-5-4-10(22-15)13(17)23)12-14(24)21-9-3-2-8(16)6-11(9)20-12/h2-7H,1H3,(H2,17,23)(H,21,24)(H,18,19,22)/t7-/m0/s1. The number of primary amides is 1. The predicted octanol–water partition coefficient (Wildman–Crippen LogP) is 1.64. The summed E-state index contributed by atoms with van der Waals surface area (Å²) >= 11 is 5.96. The van der Waals surface area contributed by atoms with Crippen LogP contribution in [0.15, 0.2) is 35.3 Å². The number of carbonyl (C=O) groups excluding carboxylic acids is 1. The number of fused-ring (bicyclic) bond motifs is 1. The van der Waals surface area contributed by atoms with Gasteiger partial charge in [-0.3, -0.25) is 9.59 Å². The quantitative estimate of drug-likeness (QED) is 0.660. The Bertz CT molecular complexity index is 987. The number of halogens is 1. The number of nitrogens with zero attached hydrogens (tertiary/aromatic N) is 3. The van der Waals surface area contributed by atoms with Gasteiger partial charge in [-0.15, -0.1) is 0 Å². The number of rotatable bonds is 4. The van der Waals surface area contributed by atoms with Crippen LogP contribution in [0.4, 0.5) is 5.95 Å². The molecule has 24 heavy (non-hydrogen) atoms. The van der Waals surface area contributed by atoms with E-state index < -0.39 is 11.9 Å². The Balaban J connectivity index is 1.95. The maximum atomic E-state index is 12.2. The predicted molar refractivity (Wildman–Crippen MR) is 90.0 cm³/mol. The first-order valence-corrected chi connectivity index (χ1v) is 7.40. The molecule has 0 saturated carbocycles. The molecular weight excluding hydrogens is 332 g/mol. The summed E-state index contributed by atoms with van der Waals surface area (Å²) < 4.78 is 0. The summed E-state index contributed by atoms with van der Waals surface area (Å²) in [6, 6.07) is 5.92. The first kappa shape index (κ1) is 15.9. The monoisotopic (exact) mass is 344 g/mol. The maximum absolute atomic E-state index is 12.2. The highest BCUT2D eigenvalue weighted by molar-refractivity contribution is 6.31. The highest BCUT2D eigenvalue weighted by Crippen LogP contribution is 2.18. The smallest absolute Gasteiger partial charge is 0.272 e. The van der Waals surface area contributed by atoms with E-state index in [1.54, 1.807) is 25.1 Å². The Kier molecular flexibility index (Phi) is 4.13. The molecule has 0 fully saturated rings. The summed E-state index contributed by atoms with van der Waals surface area (Å²) in [6.45, 7) is 1.73. The van der Waals surface area contributed by atoms with Crippen molar-refractivity contribution >= 4 is 34.5 Å². The Morgan fingerprint density at radius 3 is 2.88 bits per heavy atom. The van der Waals surface area contributed by atoms with E-state index in [9.17, 15) is 9.59 Å². The molecule has 0 aliphatic carbocycles. The van der Waals surface area contributed by atoms with E-state index in [1.807, 2.05) is 0 Å². The number of anilines is 1. The van der Waals surface area contributed by atoms with Gasteiger partial charge in [0.15, 0.2) is 0 Å². The van der Waals surface area contributed by atoms with Crippen molar-refractivity contribution in [3.05, 3.63) is 57.2 Å². The normalized spacial score (nSPS) is 12.1. The summed E-state index contributed by atoms with van der Waals surface area (Å²) in [5.74, 6) is -0.490. The van der Waals surface area contributed by atoms with Crippen molar-refractivity contribution < 1.29 is 4.79 Å². The zero-order valence-corrected chi connectivity index (χ0v) is 13.3. The topological polar surface area (TPSA) is 127 Å². The fraction of sp³-hybridized carbons (Fsp3) is 0.133. The first-order valence-electron chi connectivity index (χ1n) is 7.03. The van der Waals surface area contributed by atoms with Crippen molar-refractivity contribution in [3.8, 4) is 0 Å². The van der Waals surface area contributed by atoms with E-state index in [-0.39, 0.29) is 22.9 Å². The maximum Gasteiger partial charge on any atom is 0.272 e. The lowest BCUT2D eigenvalue weighted by molar-refractivity contribution is 0.0995. The summed E-state index contributed by atoms with van der Waals surface area (Å²) in [5, 5.41) is 3.45. The number of carbonyl (C=O) groups is 1. The summed E-state index contributed by atoms with van der Waals surface area (Å²) in [4.78, 5) is 38.5. The molecular formula is C15H13ClN6O2. The highest BCUT2D eigenvalue weighted by Gasteiger charge is 2.15. The fourth-order valence-electron chi connectivity index (χ4n) is 2.19. The number of nitrogens with two attached hydrogens (primary N) is 1. The Morgan fingerprint density at radius 1 is 1.33 bits per heavy atom. The first-order chi connectivity index (χ1) is 11.4. The molecule has 4 N–H and O–H groups in total. The second kappa shape index (κ2) is 6.25. The van der Waals surface area contributed by atoms with Crippen LogP contribution < -0.4 is 16.6 Å². The highest BCUT2D eigenvalue weighted by atomic mass is 35.5. The second-order valence-corrected chi connectivity index (χ2v) is 5.54. The number of aromatic amines is 1. The van der Waals surface area contributed by atoms with Gasteiger partial charge in [0, 0.05) is 11.2 Å². The van der Waals surface area contributed by atoms with Crippen LogP contribution in [0.2, 0.25) is 5.02 Å². The van der Waals surface area contributed by atoms with Gasteiger partial charge in [-0.05, 0) is 31.2 Å². The Morgan fingerprint density at radius 2 is 2.12 bits per heavy atom. The van der Waals surface area contributed by atoms with E-state index >= 15 is 0 Å². The number of H-pyrrole nitrogens is 1. The number of hydrogen-bond donors (Lipinski definition) is 3. The van der Waals surface area contributed by atoms with Crippen LogP contribution in [-0.2, 0) is 0 Å². The lowest BCUT2D eigenvalue weighted by Gasteiger charge is -2.13. The molecule has 9 heteroatoms. The summed E-state index contributed by atoms with van der Waals surface area (Å²) in [7, 11) is 0. The number of benzene rings is 1. The van der Waals surface area contributed by atoms with E-state index in [1.165, 1.54) is 12.3 Å². The van der Waals surface area contributed by atoms with Gasteiger partial charge in [0.05, 0.1) is 17.1 Å². The van der Waals surface area contributed by atoms with E-state index in [0.717, 1.165) is 0 Å². The van der Waals surface area contributed by atoms with Crippen LogP contribution in [0.3, 0.4) is 0 Å². The molecule has 0 radical (unpaired) electrons. The van der Waals surface area contributed by atoms with Crippen LogP contribution in [-0.4, -0.2) is 25.8 Å². The van der Waals surface area contributed by atoms with Gasteiger partial charge in [-0.1, -0.05) is 11.6 Å². The number of aromatic nitrogens is 4. The van der Waals surface area contributed by atoms with Crippen molar-refractivity contribution in [2.75, 3.05) is 5.32 Å². The zero-order valence-electron chi connectivity index (χ0n) is 12.6. The molecule has 8 nitrogen and oxygen atoms in total. The van der Waals surface area contributed by atoms with Gasteiger partial charge in [0.1, 0.15) is 11.4 Å². The number of nitrogens with one attached hydrogen (secondary N) is 2. The minimum absolute atomic E-state index is 0.0758. The molecule has 1 atom stereocenters. The molecule has 0 spiro atoms. The van der Waals surface area contributed by atoms with Crippen LogP contribution in [0.1, 0.15) is 29.1 Å². The third-order valence-electron chi connectivity index (χ3n) is 3.35. The van der Waals surface area contributed by atoms with Crippen LogP contribution in [0, 0.1) is 0 Å². The number of amides is 1. The molecule has 0 aliphatic rings. The zero-order chi connectivity index (χ0) is 17.3. The van der Waals surface area contributed by atoms with Gasteiger partial charge < -0.3 is 16.0 Å². The molecule has 2 aromatic heterocycles. The number of hydrogen-bond acceptors (Lipinski definition) is 6. The lowest BCUT2D eigenvalue weighted by Crippen LogP contribution is -2.23. The molecule has 3 rings (SSSR count). The Hall–Kier alpha value is -3.00. The summed E-state index contributed by atoms with van der Waals surface area (Å²) in [5.41, 5.74) is 6.33. The van der Waals surface area contributed by atoms with Gasteiger partial charge in [-0.25, -0.2) is 15.0 Å². The molecule has 122 valence electrons. The molecule has 2 heterocycles. The molecule has 3 aromatic rings. The average molecular weight is 345 g/mol. The van der Waals surface area contributed by atoms with Crippen molar-refractivity contribution in [2.45, 2.75) is 13.0 Å². The van der Waals surface area contributed by atoms with Crippen LogP contribution in [0.5, 0.6) is 0 Å². The van der Waals surface area contributed by atoms with Crippen molar-refractivity contribution in [1.82, 2.24) is 19.9 Å². The molecule has 0 unspecified atom stereocenters. The van der Waals surface area contributed by atoms with Gasteiger partial charge in [0.2, 0.25) is 5.95 Å². The van der Waals surface area contributed by atoms with E-state index in [4.69, 9.17) is 17.3 Å². The van der Waals surface area contributed by atoms with Crippen molar-refractivity contribution in [2.24, 2.45) is 5.73 Å². The third kappa shape index (κ3) is 3.18. The molecule has 1 aromatic carbocycles. The fourth-order valence-corrected chi connectivity index (χ4v) is 2.36. The van der Waals surface area contributed by atoms with Crippen LogP contribution in [0.25, 0.3) is 11.0 Å². The molecule has 0 aliphatic heterocycles. The molecule has 1 amide bonds. The molecule has 0 saturated heterocycles. The van der Waals surface area contributed by atoms with Crippen LogP contribution >= 0.6 is 11.6 Å². The van der Waals surface area contributed by atoms with Gasteiger partial charge >= 0.3 is 0 Å². The largest absolute Gasteiger partial charge is 0.364 e. The summed E-state index contributed by atoms with van der Waals surface area (Å²) in [6.07, 6.45) is 1.40. The van der Waals surface area contributed by atoms with E-state index in [0.29, 0.717) is 16.1 Å². The minimum atomic E-state index is -0.663. The van der Waals surface area contributed by atoms with Gasteiger partial charge in [0.25, 0.3) is 11.5 Å². The SMILES string of the molecule is C[C@H](Nc1nccc(C(N)=O)n1)c1nc2cc(Cl)ccc2[nH]c1=O. The van der Waals surface area contributed by atoms with E-state index in [2.05, 4.69) is 25.3 Å². The molecule has 0 bridgehead atoms. The lowest BCUT2D eigenvalue weighted by atomic mass is 10.2. The van der Waals surface area contributed by atoms with Crippen molar-refractivity contribution in [1.29, 1.82) is 0 Å². The second-order valence-electron chi connectivity index (χ2n) is 5.11. The average Bonchev–Trinajstić information content (AvgIpc) is 2.54. The van der Waals surface area contributed by atoms with Crippen molar-refractivity contribution in [3.63, 3.8) is 0 Å². The minimum Gasteiger partial charge on any atom is -0.364 e. The third-order valence-corrected chi connectivity index (χ3v) is 3.58. The van der Waals surface area contributed by atoms with Gasteiger partial charge in [-0.2, -0.15) is 0 Å².